The van der Waals surface area contributed by atoms with Gasteiger partial charge in [-0.25, -0.2) is 0 Å². The lowest BCUT2D eigenvalue weighted by Crippen LogP contribution is -2.49. The molecule has 1 aromatic heterocycles. The highest BCUT2D eigenvalue weighted by Gasteiger charge is 2.30. The zero-order valence-corrected chi connectivity index (χ0v) is 22.3. The first-order valence-corrected chi connectivity index (χ1v) is 13.3. The monoisotopic (exact) mass is 508 g/mol. The Bertz CT molecular complexity index is 1290. The van der Waals surface area contributed by atoms with Gasteiger partial charge in [-0.3, -0.25) is 9.80 Å². The minimum absolute atomic E-state index is 0.0465. The minimum Gasteiger partial charge on any atom is -0.375 e. The number of nitrogens with zero attached hydrogens (tertiary/aromatic N) is 6. The van der Waals surface area contributed by atoms with E-state index in [0.29, 0.717) is 13.2 Å². The summed E-state index contributed by atoms with van der Waals surface area (Å²) in [6.45, 7) is 10.1. The number of piperazine rings is 1. The number of tetrazole rings is 1. The Balaban J connectivity index is 1.30. The number of ether oxygens (including phenoxy) is 1. The molecule has 0 unspecified atom stereocenters. The van der Waals surface area contributed by atoms with E-state index in [-0.39, 0.29) is 6.04 Å². The Morgan fingerprint density at radius 1 is 0.842 bits per heavy atom. The number of rotatable bonds is 10. The van der Waals surface area contributed by atoms with Crippen LogP contribution < -0.4 is 0 Å². The summed E-state index contributed by atoms with van der Waals surface area (Å²) in [6, 6.07) is 27.0. The fraction of sp³-hybridized carbons (Fsp3) is 0.323. The van der Waals surface area contributed by atoms with Gasteiger partial charge in [-0.1, -0.05) is 91.0 Å². The molecular weight excluding hydrogens is 472 g/mol. The predicted molar refractivity (Wildman–Crippen MR) is 151 cm³/mol. The molecule has 7 nitrogen and oxygen atoms in total. The fourth-order valence-electron chi connectivity index (χ4n) is 5.07. The van der Waals surface area contributed by atoms with E-state index in [9.17, 15) is 0 Å². The van der Waals surface area contributed by atoms with Crippen LogP contribution in [0, 0.1) is 13.8 Å². The lowest BCUT2D eigenvalue weighted by atomic mass is 10.1. The van der Waals surface area contributed by atoms with Gasteiger partial charge in [0, 0.05) is 32.7 Å². The molecule has 5 rings (SSSR count). The molecule has 1 saturated heterocycles. The molecule has 0 N–H and O–H groups in total. The van der Waals surface area contributed by atoms with Crippen LogP contribution in [0.3, 0.4) is 0 Å². The third-order valence-corrected chi connectivity index (χ3v) is 7.15. The molecule has 0 radical (unpaired) electrons. The number of hydrogen-bond acceptors (Lipinski definition) is 6. The molecule has 4 aromatic rings. The smallest absolute Gasteiger partial charge is 0.176 e. The van der Waals surface area contributed by atoms with E-state index in [1.54, 1.807) is 0 Å². The minimum atomic E-state index is -0.0465. The third kappa shape index (κ3) is 6.42. The summed E-state index contributed by atoms with van der Waals surface area (Å²) < 4.78 is 8.19. The van der Waals surface area contributed by atoms with Gasteiger partial charge < -0.3 is 4.74 Å². The number of para-hydroxylation sites is 1. The Kier molecular flexibility index (Phi) is 8.71. The first-order chi connectivity index (χ1) is 18.7. The van der Waals surface area contributed by atoms with E-state index in [4.69, 9.17) is 4.74 Å². The molecule has 1 fully saturated rings. The van der Waals surface area contributed by atoms with E-state index in [2.05, 4.69) is 106 Å². The van der Waals surface area contributed by atoms with Crippen LogP contribution in [0.2, 0.25) is 0 Å². The van der Waals surface area contributed by atoms with Crippen molar-refractivity contribution in [3.05, 3.63) is 113 Å². The van der Waals surface area contributed by atoms with Crippen LogP contribution in [-0.4, -0.2) is 69.3 Å². The van der Waals surface area contributed by atoms with Crippen molar-refractivity contribution in [3.63, 3.8) is 0 Å². The van der Waals surface area contributed by atoms with E-state index in [1.165, 1.54) is 5.56 Å². The Labute approximate surface area is 225 Å². The van der Waals surface area contributed by atoms with E-state index in [1.807, 2.05) is 28.9 Å². The van der Waals surface area contributed by atoms with Gasteiger partial charge in [-0.2, -0.15) is 4.68 Å². The number of benzene rings is 3. The van der Waals surface area contributed by atoms with Crippen molar-refractivity contribution >= 4 is 6.08 Å². The molecule has 38 heavy (non-hydrogen) atoms. The van der Waals surface area contributed by atoms with E-state index in [0.717, 1.165) is 60.9 Å². The first kappa shape index (κ1) is 26.0. The average Bonchev–Trinajstić information content (AvgIpc) is 3.42. The van der Waals surface area contributed by atoms with Gasteiger partial charge in [0.05, 0.1) is 24.9 Å². The standard InChI is InChI=1S/C31H36N6O/c1-25-11-9-12-26(2)30(25)37-31(32-33-34-37)29(24-38-23-28-15-7-4-8-16-28)36-21-19-35(20-22-36)18-10-17-27-13-5-3-6-14-27/h3-17,29H,18-24H2,1-2H3/t29-/m1/s1. The second-order valence-electron chi connectivity index (χ2n) is 9.86. The van der Waals surface area contributed by atoms with Gasteiger partial charge in [0.25, 0.3) is 0 Å². The molecule has 0 bridgehead atoms. The van der Waals surface area contributed by atoms with Crippen LogP contribution in [0.25, 0.3) is 11.8 Å². The summed E-state index contributed by atoms with van der Waals surface area (Å²) in [5.74, 6) is 0.827. The second kappa shape index (κ2) is 12.7. The molecule has 0 amide bonds. The maximum Gasteiger partial charge on any atom is 0.176 e. The summed E-state index contributed by atoms with van der Waals surface area (Å²) in [7, 11) is 0. The van der Waals surface area contributed by atoms with Crippen molar-refractivity contribution in [1.29, 1.82) is 0 Å². The highest BCUT2D eigenvalue weighted by atomic mass is 16.5. The SMILES string of the molecule is Cc1cccc(C)c1-n1nnnc1[C@@H](COCc1ccccc1)N1CCN(CC=Cc2ccccc2)CC1. The highest BCUT2D eigenvalue weighted by Crippen LogP contribution is 2.26. The van der Waals surface area contributed by atoms with Gasteiger partial charge in [0.15, 0.2) is 5.82 Å². The highest BCUT2D eigenvalue weighted by molar-refractivity contribution is 5.49. The zero-order chi connectivity index (χ0) is 26.2. The van der Waals surface area contributed by atoms with Gasteiger partial charge in [-0.15, -0.1) is 5.10 Å². The van der Waals surface area contributed by atoms with Crippen molar-refractivity contribution < 1.29 is 4.74 Å². The van der Waals surface area contributed by atoms with Crippen molar-refractivity contribution in [2.24, 2.45) is 0 Å². The van der Waals surface area contributed by atoms with Crippen LogP contribution in [0.5, 0.6) is 0 Å². The number of hydrogen-bond donors (Lipinski definition) is 0. The van der Waals surface area contributed by atoms with E-state index >= 15 is 0 Å². The van der Waals surface area contributed by atoms with Crippen molar-refractivity contribution in [1.82, 2.24) is 30.0 Å². The molecule has 0 aliphatic carbocycles. The molecule has 1 aliphatic heterocycles. The maximum atomic E-state index is 6.28. The predicted octanol–water partition coefficient (Wildman–Crippen LogP) is 4.87. The average molecular weight is 509 g/mol. The summed E-state index contributed by atoms with van der Waals surface area (Å²) in [4.78, 5) is 4.96. The largest absolute Gasteiger partial charge is 0.375 e. The molecule has 1 aliphatic rings. The van der Waals surface area contributed by atoms with Crippen molar-refractivity contribution in [3.8, 4) is 5.69 Å². The summed E-state index contributed by atoms with van der Waals surface area (Å²) in [5, 5.41) is 13.1. The third-order valence-electron chi connectivity index (χ3n) is 7.15. The first-order valence-electron chi connectivity index (χ1n) is 13.3. The lowest BCUT2D eigenvalue weighted by Gasteiger charge is -2.38. The molecule has 3 aromatic carbocycles. The Morgan fingerprint density at radius 2 is 1.53 bits per heavy atom. The van der Waals surface area contributed by atoms with Crippen LogP contribution in [0.15, 0.2) is 84.9 Å². The van der Waals surface area contributed by atoms with Gasteiger partial charge in [0.2, 0.25) is 0 Å². The Hall–Kier alpha value is -3.65. The molecule has 7 heteroatoms. The topological polar surface area (TPSA) is 59.3 Å². The van der Waals surface area contributed by atoms with Crippen molar-refractivity contribution in [2.75, 3.05) is 39.3 Å². The summed E-state index contributed by atoms with van der Waals surface area (Å²) in [6.07, 6.45) is 4.46. The Morgan fingerprint density at radius 3 is 2.24 bits per heavy atom. The van der Waals surface area contributed by atoms with Crippen molar-refractivity contribution in [2.45, 2.75) is 26.5 Å². The van der Waals surface area contributed by atoms with Crippen LogP contribution in [-0.2, 0) is 11.3 Å². The quantitative estimate of drug-likeness (QED) is 0.305. The van der Waals surface area contributed by atoms with E-state index < -0.39 is 0 Å². The molecule has 196 valence electrons. The van der Waals surface area contributed by atoms with Gasteiger partial charge >= 0.3 is 0 Å². The van der Waals surface area contributed by atoms with Gasteiger partial charge in [-0.05, 0) is 46.5 Å². The fourth-order valence-corrected chi connectivity index (χ4v) is 5.07. The van der Waals surface area contributed by atoms with Gasteiger partial charge in [0.1, 0.15) is 0 Å². The van der Waals surface area contributed by atoms with Crippen LogP contribution in [0.1, 0.15) is 34.1 Å². The lowest BCUT2D eigenvalue weighted by molar-refractivity contribution is 0.0225. The second-order valence-corrected chi connectivity index (χ2v) is 9.86. The normalized spacial score (nSPS) is 15.7. The van der Waals surface area contributed by atoms with Crippen LogP contribution >= 0.6 is 0 Å². The van der Waals surface area contributed by atoms with Crippen LogP contribution in [0.4, 0.5) is 0 Å². The molecule has 0 saturated carbocycles. The number of aryl methyl sites for hydroxylation is 2. The zero-order valence-electron chi connectivity index (χ0n) is 22.3. The number of aromatic nitrogens is 4. The summed E-state index contributed by atoms with van der Waals surface area (Å²) >= 11 is 0. The maximum absolute atomic E-state index is 6.28. The molecule has 1 atom stereocenters. The molecule has 2 heterocycles. The molecular formula is C31H36N6O. The molecule has 0 spiro atoms. The summed E-state index contributed by atoms with van der Waals surface area (Å²) in [5.41, 5.74) is 5.75.